The van der Waals surface area contributed by atoms with Gasteiger partial charge in [-0.2, -0.15) is 0 Å². The number of carbonyl (C=O) groups excluding carboxylic acids is 2. The number of carbonyl (C=O) groups is 3. The molecule has 0 bridgehead atoms. The Bertz CT molecular complexity index is 1420. The predicted molar refractivity (Wildman–Crippen MR) is 132 cm³/mol. The van der Waals surface area contributed by atoms with Crippen LogP contribution in [0.1, 0.15) is 5.69 Å². The lowest BCUT2D eigenvalue weighted by Crippen LogP contribution is -2.71. The number of nitrogens with two attached hydrogens (primary N) is 1. The van der Waals surface area contributed by atoms with E-state index in [0.717, 1.165) is 16.9 Å². The second kappa shape index (κ2) is 10.0. The maximum absolute atomic E-state index is 13.0. The molecule has 0 radical (unpaired) electrons. The van der Waals surface area contributed by atoms with Crippen LogP contribution in [0, 0.1) is 0 Å². The summed E-state index contributed by atoms with van der Waals surface area (Å²) in [6, 6.07) is 2.68. The van der Waals surface area contributed by atoms with Gasteiger partial charge in [0.05, 0.1) is 6.20 Å². The van der Waals surface area contributed by atoms with Crippen LogP contribution in [0.25, 0.3) is 11.5 Å². The number of nitrogen functional groups attached to an aromatic ring is 1. The summed E-state index contributed by atoms with van der Waals surface area (Å²) in [5, 5.41) is 17.5. The van der Waals surface area contributed by atoms with Gasteiger partial charge in [-0.25, -0.2) is 19.3 Å². The van der Waals surface area contributed by atoms with E-state index in [1.807, 2.05) is 4.57 Å². The second-order valence-corrected chi connectivity index (χ2v) is 9.90. The van der Waals surface area contributed by atoms with E-state index < -0.39 is 29.2 Å². The molecule has 15 heteroatoms. The van der Waals surface area contributed by atoms with Crippen LogP contribution >= 0.6 is 23.1 Å². The zero-order chi connectivity index (χ0) is 26.1. The van der Waals surface area contributed by atoms with Gasteiger partial charge in [-0.1, -0.05) is 5.16 Å². The molecule has 37 heavy (non-hydrogen) atoms. The molecule has 2 atom stereocenters. The third-order valence-corrected chi connectivity index (χ3v) is 7.66. The highest BCUT2D eigenvalue weighted by Crippen LogP contribution is 2.40. The largest absolute Gasteiger partial charge is 0.477 e. The number of oxime groups is 1. The van der Waals surface area contributed by atoms with E-state index in [4.69, 9.17) is 15.0 Å². The van der Waals surface area contributed by atoms with Crippen LogP contribution in [0.3, 0.4) is 0 Å². The molecular formula is C22H20N7O6S2+. The van der Waals surface area contributed by atoms with Crippen molar-refractivity contribution in [2.45, 2.75) is 18.0 Å². The first kappa shape index (κ1) is 24.5. The molecule has 0 spiro atoms. The fourth-order valence-electron chi connectivity index (χ4n) is 4.00. The third-order valence-electron chi connectivity index (χ3n) is 5.64. The van der Waals surface area contributed by atoms with E-state index in [1.165, 1.54) is 30.0 Å². The average Bonchev–Trinajstić information content (AvgIpc) is 3.58. The average molecular weight is 543 g/mol. The molecule has 4 N–H and O–H groups in total. The maximum Gasteiger partial charge on any atom is 0.352 e. The molecule has 0 aromatic carbocycles. The summed E-state index contributed by atoms with van der Waals surface area (Å²) in [5.41, 5.74) is 6.99. The Balaban J connectivity index is 1.32. The number of pyridine rings is 1. The van der Waals surface area contributed by atoms with Crippen LogP contribution in [0.4, 0.5) is 5.13 Å². The normalized spacial score (nSPS) is 19.3. The lowest BCUT2D eigenvalue weighted by molar-refractivity contribution is -0.689. The Hall–Kier alpha value is -4.24. The van der Waals surface area contributed by atoms with Crippen molar-refractivity contribution < 1.29 is 33.3 Å². The first-order chi connectivity index (χ1) is 17.9. The van der Waals surface area contributed by atoms with Gasteiger partial charge in [-0.15, -0.1) is 23.1 Å². The molecule has 190 valence electrons. The van der Waals surface area contributed by atoms with Gasteiger partial charge in [0.25, 0.3) is 11.8 Å². The Kier molecular flexibility index (Phi) is 6.62. The number of nitrogens with zero attached hydrogens (tertiary/aromatic N) is 5. The number of carboxylic acids is 1. The van der Waals surface area contributed by atoms with Crippen LogP contribution < -0.4 is 15.6 Å². The number of hydrogen-bond donors (Lipinski definition) is 3. The number of nitrogens with one attached hydrogen (secondary N) is 1. The molecule has 13 nitrogen and oxygen atoms in total. The number of amides is 2. The van der Waals surface area contributed by atoms with Crippen molar-refractivity contribution in [2.75, 3.05) is 18.6 Å². The highest BCUT2D eigenvalue weighted by Gasteiger charge is 2.54. The fourth-order valence-corrected chi connectivity index (χ4v) is 5.88. The van der Waals surface area contributed by atoms with Gasteiger partial charge in [-0.05, 0) is 0 Å². The number of hydrogen-bond acceptors (Lipinski definition) is 11. The number of carboxylic acid groups (broad SMARTS) is 1. The zero-order valence-corrected chi connectivity index (χ0v) is 20.9. The highest BCUT2D eigenvalue weighted by molar-refractivity contribution is 8.00. The topological polar surface area (TPSA) is 177 Å². The van der Waals surface area contributed by atoms with E-state index in [-0.39, 0.29) is 28.8 Å². The van der Waals surface area contributed by atoms with Gasteiger partial charge in [0.1, 0.15) is 36.2 Å². The number of anilines is 1. The van der Waals surface area contributed by atoms with E-state index in [9.17, 15) is 19.5 Å². The lowest BCUT2D eigenvalue weighted by Gasteiger charge is -2.49. The van der Waals surface area contributed by atoms with E-state index in [0.29, 0.717) is 17.2 Å². The van der Waals surface area contributed by atoms with Crippen molar-refractivity contribution >= 4 is 51.7 Å². The summed E-state index contributed by atoms with van der Waals surface area (Å²) in [5.74, 6) is -1.59. The highest BCUT2D eigenvalue weighted by atomic mass is 32.2. The smallest absolute Gasteiger partial charge is 0.352 e. The molecule has 3 aromatic heterocycles. The molecule has 2 aliphatic rings. The number of rotatable bonds is 8. The van der Waals surface area contributed by atoms with Crippen LogP contribution in [0.15, 0.2) is 63.2 Å². The molecule has 2 aliphatic heterocycles. The molecule has 2 amide bonds. The van der Waals surface area contributed by atoms with Gasteiger partial charge in [0.2, 0.25) is 5.89 Å². The Morgan fingerprint density at radius 2 is 2.19 bits per heavy atom. The summed E-state index contributed by atoms with van der Waals surface area (Å²) in [6.45, 7) is 0.268. The standard InChI is InChI=1S/C22H19N7O6S2/c1-34-27-14(13-10-37-22(23)25-13)17(30)26-15-19(31)29-16(21(32)33)12(9-36-20(15)29)8-28-5-2-11(3-6-28)18-24-4-7-35-18/h2-7,10,15,20H,8-9H2,1H3,(H3-,23,25,26,30,32,33)/p+1/t15-,20-/m1/s1. The zero-order valence-electron chi connectivity index (χ0n) is 19.2. The van der Waals surface area contributed by atoms with Gasteiger partial charge in [0.15, 0.2) is 29.8 Å². The van der Waals surface area contributed by atoms with Crippen LogP contribution in [-0.2, 0) is 25.8 Å². The quantitative estimate of drug-likeness (QED) is 0.157. The Morgan fingerprint density at radius 1 is 1.41 bits per heavy atom. The van der Waals surface area contributed by atoms with Crippen molar-refractivity contribution in [1.29, 1.82) is 0 Å². The minimum Gasteiger partial charge on any atom is -0.477 e. The first-order valence-corrected chi connectivity index (χ1v) is 12.7. The number of thioether (sulfide) groups is 1. The second-order valence-electron chi connectivity index (χ2n) is 7.91. The van der Waals surface area contributed by atoms with Gasteiger partial charge < -0.3 is 25.4 Å². The molecule has 5 rings (SSSR count). The van der Waals surface area contributed by atoms with Crippen molar-refractivity contribution in [3.8, 4) is 11.5 Å². The maximum atomic E-state index is 13.0. The number of fused-ring (bicyclic) bond motifs is 1. The minimum absolute atomic E-state index is 0.0819. The lowest BCUT2D eigenvalue weighted by atomic mass is 10.0. The number of oxazole rings is 1. The fraction of sp³-hybridized carbons (Fsp3) is 0.227. The van der Waals surface area contributed by atoms with Crippen molar-refractivity contribution in [3.05, 3.63) is 59.3 Å². The summed E-state index contributed by atoms with van der Waals surface area (Å²) >= 11 is 2.50. The van der Waals surface area contributed by atoms with Crippen LogP contribution in [0.5, 0.6) is 0 Å². The summed E-state index contributed by atoms with van der Waals surface area (Å²) in [6.07, 6.45) is 6.60. The molecular weight excluding hydrogens is 522 g/mol. The number of aliphatic carboxylic acids is 1. The Labute approximate surface area is 217 Å². The molecule has 0 saturated carbocycles. The van der Waals surface area contributed by atoms with Gasteiger partial charge >= 0.3 is 5.97 Å². The number of thiazole rings is 1. The molecule has 0 aliphatic carbocycles. The van der Waals surface area contributed by atoms with Crippen LogP contribution in [-0.4, -0.2) is 67.7 Å². The third kappa shape index (κ3) is 4.65. The summed E-state index contributed by atoms with van der Waals surface area (Å²) in [4.78, 5) is 52.2. The van der Waals surface area contributed by atoms with Gasteiger partial charge in [0, 0.05) is 34.4 Å². The van der Waals surface area contributed by atoms with E-state index >= 15 is 0 Å². The molecule has 0 unspecified atom stereocenters. The summed E-state index contributed by atoms with van der Waals surface area (Å²) < 4.78 is 7.10. The van der Waals surface area contributed by atoms with E-state index in [2.05, 4.69) is 20.4 Å². The SMILES string of the molecule is CON=C(C(=O)N[C@@H]1C(=O)N2C(C(=O)O)=C(C[n+]3ccc(-c4ncco4)cc3)CS[C@H]12)c1csc(N)n1. The summed E-state index contributed by atoms with van der Waals surface area (Å²) in [7, 11) is 1.28. The Morgan fingerprint density at radius 3 is 2.81 bits per heavy atom. The van der Waals surface area contributed by atoms with Gasteiger partial charge in [-0.3, -0.25) is 14.5 Å². The monoisotopic (exact) mass is 542 g/mol. The van der Waals surface area contributed by atoms with Crippen molar-refractivity contribution in [1.82, 2.24) is 20.2 Å². The number of aromatic nitrogens is 3. The minimum atomic E-state index is -1.21. The van der Waals surface area contributed by atoms with Crippen LogP contribution in [0.2, 0.25) is 0 Å². The van der Waals surface area contributed by atoms with Crippen molar-refractivity contribution in [2.24, 2.45) is 5.16 Å². The molecule has 1 fully saturated rings. The van der Waals surface area contributed by atoms with Crippen molar-refractivity contribution in [3.63, 3.8) is 0 Å². The molecule has 5 heterocycles. The number of β-lactam (4-membered cyclic amide) rings is 1. The predicted octanol–water partition coefficient (Wildman–Crippen LogP) is 0.457. The van der Waals surface area contributed by atoms with E-state index in [1.54, 1.807) is 36.1 Å². The molecule has 3 aromatic rings. The molecule has 1 saturated heterocycles. The first-order valence-electron chi connectivity index (χ1n) is 10.8.